The normalized spacial score (nSPS) is 17.4. The molecule has 0 fully saturated rings. The Morgan fingerprint density at radius 2 is 1.67 bits per heavy atom. The van der Waals surface area contributed by atoms with Gasteiger partial charge in [-0.3, -0.25) is 0 Å². The van der Waals surface area contributed by atoms with Crippen LogP contribution in [0.1, 0.15) is 24.5 Å². The van der Waals surface area contributed by atoms with Crippen molar-refractivity contribution >= 4 is 0 Å². The number of alkyl halides is 6. The third-order valence-electron chi connectivity index (χ3n) is 3.12. The van der Waals surface area contributed by atoms with Crippen molar-refractivity contribution < 1.29 is 35.8 Å². The molecule has 0 aliphatic rings. The average molecular weight is 319 g/mol. The summed E-state index contributed by atoms with van der Waals surface area (Å²) in [7, 11) is 0. The van der Waals surface area contributed by atoms with Gasteiger partial charge in [-0.1, -0.05) is 13.0 Å². The van der Waals surface area contributed by atoms with Crippen LogP contribution in [0.15, 0.2) is 18.2 Å². The molecule has 2 nitrogen and oxygen atoms in total. The lowest BCUT2D eigenvalue weighted by molar-refractivity contribution is -0.274. The zero-order valence-electron chi connectivity index (χ0n) is 10.7. The number of hydrogen-bond acceptors (Lipinski definition) is 2. The van der Waals surface area contributed by atoms with Crippen LogP contribution in [0, 0.1) is 5.82 Å². The molecule has 1 rings (SSSR count). The van der Waals surface area contributed by atoms with Gasteiger partial charge in [0.25, 0.3) is 0 Å². The van der Waals surface area contributed by atoms with Gasteiger partial charge in [0.2, 0.25) is 5.60 Å². The number of hydrogen-bond donors (Lipinski definition) is 2. The summed E-state index contributed by atoms with van der Waals surface area (Å²) in [5, 5.41) is 9.81. The van der Waals surface area contributed by atoms with Crippen LogP contribution >= 0.6 is 0 Å². The lowest BCUT2D eigenvalue weighted by Gasteiger charge is -2.35. The van der Waals surface area contributed by atoms with Crippen LogP contribution in [0.25, 0.3) is 0 Å². The molecule has 0 aliphatic carbocycles. The van der Waals surface area contributed by atoms with Crippen molar-refractivity contribution in [3.63, 3.8) is 0 Å². The molecular weight excluding hydrogens is 307 g/mol. The van der Waals surface area contributed by atoms with Gasteiger partial charge in [0.05, 0.1) is 5.56 Å². The van der Waals surface area contributed by atoms with Crippen molar-refractivity contribution in [3.8, 4) is 0 Å². The highest BCUT2D eigenvalue weighted by Gasteiger charge is 2.58. The summed E-state index contributed by atoms with van der Waals surface area (Å²) in [5.41, 5.74) is -1.20. The maximum atomic E-state index is 13.4. The SMILES string of the molecule is CCC(N)C(O)(c1ccc(C(F)(F)F)c(F)c1)C(F)(F)F. The number of halogens is 7. The van der Waals surface area contributed by atoms with E-state index in [1.807, 2.05) is 0 Å². The van der Waals surface area contributed by atoms with E-state index in [1.54, 1.807) is 0 Å². The monoisotopic (exact) mass is 319 g/mol. The Labute approximate surface area is 115 Å². The lowest BCUT2D eigenvalue weighted by atomic mass is 9.84. The molecule has 2 unspecified atom stereocenters. The zero-order chi connectivity index (χ0) is 16.6. The van der Waals surface area contributed by atoms with Gasteiger partial charge in [0.1, 0.15) is 5.82 Å². The molecule has 0 saturated heterocycles. The standard InChI is InChI=1S/C12H12F7NO/c1-2-9(20)10(21,12(17,18)19)6-3-4-7(8(13)5-6)11(14,15)16/h3-5,9,21H,2,20H2,1H3. The van der Waals surface area contributed by atoms with Crippen LogP contribution in [0.4, 0.5) is 30.7 Å². The van der Waals surface area contributed by atoms with Crippen molar-refractivity contribution in [2.45, 2.75) is 37.3 Å². The number of nitrogens with two attached hydrogens (primary N) is 1. The number of aliphatic hydroxyl groups is 1. The molecule has 0 heterocycles. The molecular formula is C12H12F7NO. The van der Waals surface area contributed by atoms with Crippen LogP contribution in [-0.4, -0.2) is 17.3 Å². The highest BCUT2D eigenvalue weighted by Crippen LogP contribution is 2.43. The van der Waals surface area contributed by atoms with Gasteiger partial charge < -0.3 is 10.8 Å². The van der Waals surface area contributed by atoms with Crippen LogP contribution in [-0.2, 0) is 11.8 Å². The van der Waals surface area contributed by atoms with E-state index in [9.17, 15) is 35.8 Å². The fraction of sp³-hybridized carbons (Fsp3) is 0.500. The topological polar surface area (TPSA) is 46.2 Å². The van der Waals surface area contributed by atoms with Crippen LogP contribution in [0.5, 0.6) is 0 Å². The first-order chi connectivity index (χ1) is 9.35. The van der Waals surface area contributed by atoms with Crippen molar-refractivity contribution in [2.75, 3.05) is 0 Å². The Bertz CT molecular complexity index is 511. The van der Waals surface area contributed by atoms with E-state index < -0.39 is 40.9 Å². The Morgan fingerprint density at radius 3 is 2.00 bits per heavy atom. The van der Waals surface area contributed by atoms with Crippen molar-refractivity contribution in [2.24, 2.45) is 5.73 Å². The first kappa shape index (κ1) is 17.7. The first-order valence-electron chi connectivity index (χ1n) is 5.77. The summed E-state index contributed by atoms with van der Waals surface area (Å²) in [6.45, 7) is 1.25. The van der Waals surface area contributed by atoms with E-state index in [2.05, 4.69) is 0 Å². The average Bonchev–Trinajstić information content (AvgIpc) is 2.33. The fourth-order valence-electron chi connectivity index (χ4n) is 1.87. The minimum absolute atomic E-state index is 0.00579. The van der Waals surface area contributed by atoms with Crippen molar-refractivity contribution in [1.29, 1.82) is 0 Å². The van der Waals surface area contributed by atoms with Crippen LogP contribution in [0.2, 0.25) is 0 Å². The minimum Gasteiger partial charge on any atom is -0.375 e. The summed E-state index contributed by atoms with van der Waals surface area (Å²) >= 11 is 0. The van der Waals surface area contributed by atoms with E-state index in [0.717, 1.165) is 0 Å². The van der Waals surface area contributed by atoms with Crippen molar-refractivity contribution in [1.82, 2.24) is 0 Å². The summed E-state index contributed by atoms with van der Waals surface area (Å²) in [4.78, 5) is 0. The van der Waals surface area contributed by atoms with Gasteiger partial charge >= 0.3 is 12.4 Å². The lowest BCUT2D eigenvalue weighted by Crippen LogP contribution is -2.55. The van der Waals surface area contributed by atoms with Gasteiger partial charge in [-0.2, -0.15) is 26.3 Å². The van der Waals surface area contributed by atoms with Gasteiger partial charge in [-0.15, -0.1) is 0 Å². The maximum Gasteiger partial charge on any atom is 0.423 e. The van der Waals surface area contributed by atoms with Gasteiger partial charge in [-0.05, 0) is 24.1 Å². The second-order valence-electron chi connectivity index (χ2n) is 4.47. The second kappa shape index (κ2) is 5.45. The summed E-state index contributed by atoms with van der Waals surface area (Å²) in [6.07, 6.45) is -10.6. The molecule has 2 atom stereocenters. The second-order valence-corrected chi connectivity index (χ2v) is 4.47. The van der Waals surface area contributed by atoms with E-state index in [4.69, 9.17) is 5.73 Å². The van der Waals surface area contributed by atoms with Gasteiger partial charge in [0.15, 0.2) is 0 Å². The molecule has 9 heteroatoms. The van der Waals surface area contributed by atoms with Crippen LogP contribution in [0.3, 0.4) is 0 Å². The molecule has 3 N–H and O–H groups in total. The highest BCUT2D eigenvalue weighted by atomic mass is 19.4. The molecule has 0 bridgehead atoms. The van der Waals surface area contributed by atoms with E-state index in [1.165, 1.54) is 6.92 Å². The molecule has 0 aliphatic heterocycles. The van der Waals surface area contributed by atoms with E-state index in [0.29, 0.717) is 6.07 Å². The first-order valence-corrected chi connectivity index (χ1v) is 5.77. The summed E-state index contributed by atoms with van der Waals surface area (Å²) in [5.74, 6) is -1.91. The Balaban J connectivity index is 3.46. The largest absolute Gasteiger partial charge is 0.423 e. The molecule has 21 heavy (non-hydrogen) atoms. The quantitative estimate of drug-likeness (QED) is 0.840. The van der Waals surface area contributed by atoms with E-state index >= 15 is 0 Å². The maximum absolute atomic E-state index is 13.4. The molecule has 1 aromatic rings. The molecule has 120 valence electrons. The minimum atomic E-state index is -5.27. The number of rotatable bonds is 3. The third kappa shape index (κ3) is 3.13. The van der Waals surface area contributed by atoms with E-state index in [-0.39, 0.29) is 18.6 Å². The summed E-state index contributed by atoms with van der Waals surface area (Å²) < 4.78 is 89.6. The molecule has 0 amide bonds. The summed E-state index contributed by atoms with van der Waals surface area (Å²) in [6, 6.07) is -1.33. The smallest absolute Gasteiger partial charge is 0.375 e. The predicted octanol–water partition coefficient (Wildman–Crippen LogP) is 3.33. The Morgan fingerprint density at radius 1 is 1.14 bits per heavy atom. The van der Waals surface area contributed by atoms with Gasteiger partial charge in [-0.25, -0.2) is 4.39 Å². The molecule has 1 aromatic carbocycles. The number of benzene rings is 1. The van der Waals surface area contributed by atoms with Gasteiger partial charge in [0, 0.05) is 6.04 Å². The fourth-order valence-corrected chi connectivity index (χ4v) is 1.87. The van der Waals surface area contributed by atoms with Crippen LogP contribution < -0.4 is 5.73 Å². The zero-order valence-corrected chi connectivity index (χ0v) is 10.7. The third-order valence-corrected chi connectivity index (χ3v) is 3.12. The highest BCUT2D eigenvalue weighted by molar-refractivity contribution is 5.32. The molecule has 0 radical (unpaired) electrons. The Kier molecular flexibility index (Phi) is 4.59. The molecule has 0 spiro atoms. The molecule has 0 saturated carbocycles. The van der Waals surface area contributed by atoms with Crippen molar-refractivity contribution in [3.05, 3.63) is 35.1 Å². The molecule has 0 aromatic heterocycles. The predicted molar refractivity (Wildman–Crippen MR) is 59.6 cm³/mol. The Hall–Kier alpha value is -1.35.